The number of ether oxygens (including phenoxy) is 2. The second kappa shape index (κ2) is 10.2. The Morgan fingerprint density at radius 3 is 2.55 bits per heavy atom. The quantitative estimate of drug-likeness (QED) is 0.520. The number of benzene rings is 2. The number of hydrogen-bond acceptors (Lipinski definition) is 4. The van der Waals surface area contributed by atoms with Crippen molar-refractivity contribution in [1.82, 2.24) is 15.1 Å². The molecule has 0 bridgehead atoms. The summed E-state index contributed by atoms with van der Waals surface area (Å²) in [5, 5.41) is 7.10. The van der Waals surface area contributed by atoms with Crippen LogP contribution in [-0.2, 0) is 11.3 Å². The summed E-state index contributed by atoms with van der Waals surface area (Å²) >= 11 is 0. The number of hydrogen-bond donors (Lipinski definition) is 1. The topological polar surface area (TPSA) is 65.4 Å². The Bertz CT molecular complexity index is 1050. The predicted octanol–water partition coefficient (Wildman–Crippen LogP) is 4.11. The van der Waals surface area contributed by atoms with Gasteiger partial charge in [0.15, 0.2) is 5.82 Å². The summed E-state index contributed by atoms with van der Waals surface area (Å²) in [5.74, 6) is -0.914. The van der Waals surface area contributed by atoms with Crippen molar-refractivity contribution in [3.8, 4) is 11.4 Å². The van der Waals surface area contributed by atoms with Gasteiger partial charge in [-0.05, 0) is 50.1 Å². The van der Waals surface area contributed by atoms with Crippen molar-refractivity contribution in [3.05, 3.63) is 76.6 Å². The molecular weight excluding hydrogens is 404 g/mol. The molecule has 1 heterocycles. The summed E-state index contributed by atoms with van der Waals surface area (Å²) in [7, 11) is 1.62. The SMILES string of the molecule is COc1ccc(COCCCNC(=O)c2c(C)nn(-c3ccc(F)cc3F)c2C)cc1. The Morgan fingerprint density at radius 1 is 1.13 bits per heavy atom. The van der Waals surface area contributed by atoms with Crippen molar-refractivity contribution in [1.29, 1.82) is 0 Å². The third-order valence-corrected chi connectivity index (χ3v) is 4.84. The van der Waals surface area contributed by atoms with Crippen molar-refractivity contribution in [2.45, 2.75) is 26.9 Å². The Hall–Kier alpha value is -3.26. The van der Waals surface area contributed by atoms with Crippen molar-refractivity contribution in [2.75, 3.05) is 20.3 Å². The lowest BCUT2D eigenvalue weighted by atomic mass is 10.2. The molecule has 164 valence electrons. The van der Waals surface area contributed by atoms with Gasteiger partial charge in [0.2, 0.25) is 0 Å². The van der Waals surface area contributed by atoms with E-state index in [1.54, 1.807) is 21.0 Å². The Morgan fingerprint density at radius 2 is 1.87 bits per heavy atom. The van der Waals surface area contributed by atoms with Gasteiger partial charge in [0, 0.05) is 19.2 Å². The molecule has 0 saturated heterocycles. The molecule has 3 aromatic rings. The van der Waals surface area contributed by atoms with E-state index in [2.05, 4.69) is 10.4 Å². The summed E-state index contributed by atoms with van der Waals surface area (Å²) in [6.07, 6.45) is 0.640. The highest BCUT2D eigenvalue weighted by atomic mass is 19.1. The van der Waals surface area contributed by atoms with Crippen LogP contribution in [0.25, 0.3) is 5.69 Å². The minimum absolute atomic E-state index is 0.0907. The van der Waals surface area contributed by atoms with Gasteiger partial charge >= 0.3 is 0 Å². The van der Waals surface area contributed by atoms with Crippen LogP contribution in [0.1, 0.15) is 33.7 Å². The van der Waals surface area contributed by atoms with Crippen LogP contribution in [0.2, 0.25) is 0 Å². The molecule has 1 amide bonds. The van der Waals surface area contributed by atoms with E-state index in [1.807, 2.05) is 24.3 Å². The van der Waals surface area contributed by atoms with E-state index >= 15 is 0 Å². The standard InChI is InChI=1S/C23H25F2N3O3/c1-15-22(16(2)28(27-15)21-10-7-18(24)13-20(21)25)23(29)26-11-4-12-31-14-17-5-8-19(30-3)9-6-17/h5-10,13H,4,11-12,14H2,1-3H3,(H,26,29). The number of nitrogens with one attached hydrogen (secondary N) is 1. The van der Waals surface area contributed by atoms with Crippen LogP contribution < -0.4 is 10.1 Å². The number of aromatic nitrogens is 2. The molecule has 1 N–H and O–H groups in total. The fourth-order valence-corrected chi connectivity index (χ4v) is 3.24. The average molecular weight is 429 g/mol. The molecule has 0 saturated carbocycles. The molecule has 0 atom stereocenters. The van der Waals surface area contributed by atoms with Gasteiger partial charge < -0.3 is 14.8 Å². The first-order chi connectivity index (χ1) is 14.9. The van der Waals surface area contributed by atoms with Gasteiger partial charge in [0.25, 0.3) is 5.91 Å². The number of halogens is 2. The molecule has 31 heavy (non-hydrogen) atoms. The van der Waals surface area contributed by atoms with Crippen molar-refractivity contribution < 1.29 is 23.0 Å². The first-order valence-corrected chi connectivity index (χ1v) is 9.91. The number of carbonyl (C=O) groups excluding carboxylic acids is 1. The summed E-state index contributed by atoms with van der Waals surface area (Å²) < 4.78 is 39.4. The monoisotopic (exact) mass is 429 g/mol. The molecule has 0 aliphatic rings. The fourth-order valence-electron chi connectivity index (χ4n) is 3.24. The van der Waals surface area contributed by atoms with Crippen LogP contribution in [0.3, 0.4) is 0 Å². The van der Waals surface area contributed by atoms with E-state index < -0.39 is 11.6 Å². The van der Waals surface area contributed by atoms with Gasteiger partial charge in [-0.25, -0.2) is 13.5 Å². The highest BCUT2D eigenvalue weighted by molar-refractivity contribution is 5.96. The van der Waals surface area contributed by atoms with Crippen LogP contribution in [-0.4, -0.2) is 35.9 Å². The lowest BCUT2D eigenvalue weighted by molar-refractivity contribution is 0.0933. The van der Waals surface area contributed by atoms with Gasteiger partial charge in [-0.1, -0.05) is 12.1 Å². The second-order valence-corrected chi connectivity index (χ2v) is 7.06. The largest absolute Gasteiger partial charge is 0.497 e. The first-order valence-electron chi connectivity index (χ1n) is 9.91. The van der Waals surface area contributed by atoms with E-state index in [-0.39, 0.29) is 11.6 Å². The van der Waals surface area contributed by atoms with Gasteiger partial charge in [0.05, 0.1) is 30.7 Å². The smallest absolute Gasteiger partial charge is 0.255 e. The van der Waals surface area contributed by atoms with Crippen LogP contribution in [0, 0.1) is 25.5 Å². The molecule has 0 radical (unpaired) electrons. The van der Waals surface area contributed by atoms with Crippen molar-refractivity contribution >= 4 is 5.91 Å². The maximum Gasteiger partial charge on any atom is 0.255 e. The Balaban J connectivity index is 1.51. The zero-order valence-electron chi connectivity index (χ0n) is 17.7. The summed E-state index contributed by atoms with van der Waals surface area (Å²) in [4.78, 5) is 12.6. The zero-order valence-corrected chi connectivity index (χ0v) is 17.7. The van der Waals surface area contributed by atoms with E-state index in [4.69, 9.17) is 9.47 Å². The molecular formula is C23H25F2N3O3. The molecule has 0 unspecified atom stereocenters. The minimum Gasteiger partial charge on any atom is -0.497 e. The van der Waals surface area contributed by atoms with E-state index in [0.29, 0.717) is 43.1 Å². The van der Waals surface area contributed by atoms with Gasteiger partial charge in [-0.3, -0.25) is 4.79 Å². The predicted molar refractivity (Wildman–Crippen MR) is 113 cm³/mol. The van der Waals surface area contributed by atoms with Crippen LogP contribution in [0.4, 0.5) is 8.78 Å². The lowest BCUT2D eigenvalue weighted by Crippen LogP contribution is -2.26. The molecule has 0 spiro atoms. The van der Waals surface area contributed by atoms with Crippen molar-refractivity contribution in [2.24, 2.45) is 0 Å². The average Bonchev–Trinajstić information content (AvgIpc) is 3.04. The number of methoxy groups -OCH3 is 1. The van der Waals surface area contributed by atoms with E-state index in [9.17, 15) is 13.6 Å². The summed E-state index contributed by atoms with van der Waals surface area (Å²) in [5.41, 5.74) is 2.46. The third kappa shape index (κ3) is 5.46. The van der Waals surface area contributed by atoms with Crippen LogP contribution in [0.5, 0.6) is 5.75 Å². The third-order valence-electron chi connectivity index (χ3n) is 4.84. The van der Waals surface area contributed by atoms with Crippen LogP contribution in [0.15, 0.2) is 42.5 Å². The molecule has 1 aromatic heterocycles. The summed E-state index contributed by atoms with van der Waals surface area (Å²) in [6, 6.07) is 10.9. The number of amides is 1. The minimum atomic E-state index is -0.744. The normalized spacial score (nSPS) is 10.9. The van der Waals surface area contributed by atoms with E-state index in [0.717, 1.165) is 23.4 Å². The maximum atomic E-state index is 14.1. The van der Waals surface area contributed by atoms with Gasteiger partial charge in [-0.2, -0.15) is 5.10 Å². The number of rotatable bonds is 9. The maximum absolute atomic E-state index is 14.1. The summed E-state index contributed by atoms with van der Waals surface area (Å²) in [6.45, 7) is 4.75. The first kappa shape index (κ1) is 22.4. The van der Waals surface area contributed by atoms with Gasteiger partial charge in [0.1, 0.15) is 17.3 Å². The van der Waals surface area contributed by atoms with E-state index in [1.165, 1.54) is 10.7 Å². The molecule has 0 aliphatic heterocycles. The fraction of sp³-hybridized carbons (Fsp3) is 0.304. The number of aryl methyl sites for hydroxylation is 1. The highest BCUT2D eigenvalue weighted by Gasteiger charge is 2.20. The zero-order chi connectivity index (χ0) is 22.4. The lowest BCUT2D eigenvalue weighted by Gasteiger charge is -2.08. The number of nitrogens with zero attached hydrogens (tertiary/aromatic N) is 2. The van der Waals surface area contributed by atoms with Gasteiger partial charge in [-0.15, -0.1) is 0 Å². The highest BCUT2D eigenvalue weighted by Crippen LogP contribution is 2.21. The second-order valence-electron chi connectivity index (χ2n) is 7.06. The Labute approximate surface area is 179 Å². The molecule has 0 fully saturated rings. The van der Waals surface area contributed by atoms with Crippen molar-refractivity contribution in [3.63, 3.8) is 0 Å². The Kier molecular flexibility index (Phi) is 7.36. The molecule has 2 aromatic carbocycles. The molecule has 8 heteroatoms. The number of carbonyl (C=O) groups is 1. The van der Waals surface area contributed by atoms with Crippen LogP contribution >= 0.6 is 0 Å². The molecule has 0 aliphatic carbocycles. The molecule has 3 rings (SSSR count). The molecule has 6 nitrogen and oxygen atoms in total.